The fourth-order valence-corrected chi connectivity index (χ4v) is 3.13. The second kappa shape index (κ2) is 9.91. The van der Waals surface area contributed by atoms with Crippen LogP contribution in [0, 0.1) is 11.8 Å². The summed E-state index contributed by atoms with van der Waals surface area (Å²) >= 11 is 1.81. The summed E-state index contributed by atoms with van der Waals surface area (Å²) < 4.78 is 0. The largest absolute Gasteiger partial charge is 0.481 e. The van der Waals surface area contributed by atoms with Crippen molar-refractivity contribution in [2.24, 2.45) is 11.8 Å². The van der Waals surface area contributed by atoms with Crippen LogP contribution in [0.5, 0.6) is 0 Å². The Balaban J connectivity index is 2.17. The van der Waals surface area contributed by atoms with Crippen LogP contribution >= 0.6 is 11.8 Å². The molecule has 1 rings (SSSR count). The first-order valence-electron chi connectivity index (χ1n) is 7.38. The third-order valence-corrected chi connectivity index (χ3v) is 4.51. The summed E-state index contributed by atoms with van der Waals surface area (Å²) in [5.41, 5.74) is 0. The smallest absolute Gasteiger partial charge is 0.314 e. The lowest BCUT2D eigenvalue weighted by molar-refractivity contribution is -0.144. The molecule has 116 valence electrons. The number of carboxylic acids is 1. The summed E-state index contributed by atoms with van der Waals surface area (Å²) in [5.74, 6) is 0.161. The quantitative estimate of drug-likeness (QED) is 0.601. The highest BCUT2D eigenvalue weighted by atomic mass is 32.2. The minimum absolute atomic E-state index is 0.0727. The van der Waals surface area contributed by atoms with E-state index in [1.54, 1.807) is 0 Å². The van der Waals surface area contributed by atoms with Gasteiger partial charge in [-0.05, 0) is 43.6 Å². The predicted molar refractivity (Wildman–Crippen MR) is 82.1 cm³/mol. The number of unbranched alkanes of at least 4 members (excludes halogenated alkanes) is 1. The molecule has 0 heterocycles. The van der Waals surface area contributed by atoms with E-state index < -0.39 is 5.97 Å². The van der Waals surface area contributed by atoms with Crippen LogP contribution in [0.25, 0.3) is 0 Å². The van der Waals surface area contributed by atoms with Crippen LogP contribution in [-0.2, 0) is 4.79 Å². The van der Waals surface area contributed by atoms with E-state index in [9.17, 15) is 9.59 Å². The van der Waals surface area contributed by atoms with Crippen LogP contribution in [-0.4, -0.2) is 42.2 Å². The van der Waals surface area contributed by atoms with Crippen LogP contribution in [0.3, 0.4) is 0 Å². The van der Waals surface area contributed by atoms with Crippen molar-refractivity contribution in [2.45, 2.75) is 38.5 Å². The Morgan fingerprint density at radius 1 is 1.20 bits per heavy atom. The van der Waals surface area contributed by atoms with Gasteiger partial charge in [0.15, 0.2) is 0 Å². The zero-order chi connectivity index (χ0) is 14.8. The van der Waals surface area contributed by atoms with Crippen molar-refractivity contribution in [3.05, 3.63) is 0 Å². The van der Waals surface area contributed by atoms with E-state index in [4.69, 9.17) is 5.11 Å². The summed E-state index contributed by atoms with van der Waals surface area (Å²) in [4.78, 5) is 22.8. The van der Waals surface area contributed by atoms with E-state index in [1.165, 1.54) is 0 Å². The van der Waals surface area contributed by atoms with Crippen LogP contribution in [0.2, 0.25) is 0 Å². The number of amides is 2. The average molecular weight is 302 g/mol. The Hall–Kier alpha value is -0.910. The van der Waals surface area contributed by atoms with Crippen LogP contribution < -0.4 is 10.6 Å². The second-order valence-corrected chi connectivity index (χ2v) is 6.31. The third-order valence-electron chi connectivity index (χ3n) is 3.81. The molecule has 0 radical (unpaired) electrons. The maximum atomic E-state index is 11.6. The van der Waals surface area contributed by atoms with Gasteiger partial charge in [0.25, 0.3) is 0 Å². The minimum atomic E-state index is -0.728. The number of nitrogens with one attached hydrogen (secondary N) is 2. The van der Waals surface area contributed by atoms with Gasteiger partial charge in [-0.2, -0.15) is 11.8 Å². The molecule has 3 N–H and O–H groups in total. The van der Waals surface area contributed by atoms with Crippen LogP contribution in [0.4, 0.5) is 4.79 Å². The summed E-state index contributed by atoms with van der Waals surface area (Å²) in [6.45, 7) is 1.15. The van der Waals surface area contributed by atoms with Crippen molar-refractivity contribution < 1.29 is 14.7 Å². The molecule has 1 saturated carbocycles. The highest BCUT2D eigenvalue weighted by Crippen LogP contribution is 2.29. The number of carboxylic acid groups (broad SMARTS) is 1. The van der Waals surface area contributed by atoms with Gasteiger partial charge in [0.05, 0.1) is 5.92 Å². The molecular formula is C14H26N2O3S. The standard InChI is InChI=1S/C14H26N2O3S/c1-20-9-5-4-8-15-14(19)16-10-11-6-2-3-7-12(11)13(17)18/h11-12H,2-10H2,1H3,(H,17,18)(H2,15,16,19). The summed E-state index contributed by atoms with van der Waals surface area (Å²) in [6, 6.07) is -0.177. The van der Waals surface area contributed by atoms with E-state index >= 15 is 0 Å². The Kier molecular flexibility index (Phi) is 8.49. The van der Waals surface area contributed by atoms with Gasteiger partial charge in [-0.15, -0.1) is 0 Å². The van der Waals surface area contributed by atoms with Gasteiger partial charge >= 0.3 is 12.0 Å². The topological polar surface area (TPSA) is 78.4 Å². The molecule has 5 nitrogen and oxygen atoms in total. The first-order chi connectivity index (χ1) is 9.65. The van der Waals surface area contributed by atoms with Crippen LogP contribution in [0.1, 0.15) is 38.5 Å². The van der Waals surface area contributed by atoms with E-state index in [-0.39, 0.29) is 17.9 Å². The maximum Gasteiger partial charge on any atom is 0.314 e. The van der Waals surface area contributed by atoms with E-state index in [1.807, 2.05) is 11.8 Å². The fraction of sp³-hybridized carbons (Fsp3) is 0.857. The molecule has 20 heavy (non-hydrogen) atoms. The molecule has 2 unspecified atom stereocenters. The van der Waals surface area contributed by atoms with Crippen LogP contribution in [0.15, 0.2) is 0 Å². The fourth-order valence-electron chi connectivity index (χ4n) is 2.64. The molecule has 6 heteroatoms. The minimum Gasteiger partial charge on any atom is -0.481 e. The highest BCUT2D eigenvalue weighted by molar-refractivity contribution is 7.98. The maximum absolute atomic E-state index is 11.6. The van der Waals surface area contributed by atoms with Crippen molar-refractivity contribution >= 4 is 23.8 Å². The molecule has 0 aromatic heterocycles. The Morgan fingerprint density at radius 2 is 1.95 bits per heavy atom. The van der Waals surface area contributed by atoms with Crippen molar-refractivity contribution in [2.75, 3.05) is 25.1 Å². The molecule has 2 amide bonds. The van der Waals surface area contributed by atoms with Crippen molar-refractivity contribution in [3.63, 3.8) is 0 Å². The highest BCUT2D eigenvalue weighted by Gasteiger charge is 2.30. The first kappa shape index (κ1) is 17.1. The summed E-state index contributed by atoms with van der Waals surface area (Å²) in [5, 5.41) is 14.8. The number of aliphatic carboxylic acids is 1. The number of hydrogen-bond donors (Lipinski definition) is 3. The van der Waals surface area contributed by atoms with Gasteiger partial charge in [-0.25, -0.2) is 4.79 Å². The molecule has 0 bridgehead atoms. The van der Waals surface area contributed by atoms with Crippen molar-refractivity contribution in [3.8, 4) is 0 Å². The SMILES string of the molecule is CSCCCCNC(=O)NCC1CCCCC1C(=O)O. The third kappa shape index (κ3) is 6.50. The van der Waals surface area contributed by atoms with E-state index in [0.717, 1.165) is 44.3 Å². The molecule has 2 atom stereocenters. The molecular weight excluding hydrogens is 276 g/mol. The predicted octanol–water partition coefficient (Wildman–Crippen LogP) is 2.32. The molecule has 0 spiro atoms. The zero-order valence-electron chi connectivity index (χ0n) is 12.2. The van der Waals surface area contributed by atoms with Gasteiger partial charge in [0.1, 0.15) is 0 Å². The van der Waals surface area contributed by atoms with Crippen molar-refractivity contribution in [1.82, 2.24) is 10.6 Å². The molecule has 0 aromatic carbocycles. The van der Waals surface area contributed by atoms with E-state index in [0.29, 0.717) is 13.1 Å². The summed E-state index contributed by atoms with van der Waals surface area (Å²) in [7, 11) is 0. The number of hydrogen-bond acceptors (Lipinski definition) is 3. The number of carbonyl (C=O) groups excluding carboxylic acids is 1. The molecule has 1 aliphatic rings. The number of carbonyl (C=O) groups is 2. The number of thioether (sulfide) groups is 1. The van der Waals surface area contributed by atoms with Crippen molar-refractivity contribution in [1.29, 1.82) is 0 Å². The number of rotatable bonds is 8. The van der Waals surface area contributed by atoms with E-state index in [2.05, 4.69) is 16.9 Å². The normalized spacial score (nSPS) is 22.2. The van der Waals surface area contributed by atoms with Gasteiger partial charge in [0.2, 0.25) is 0 Å². The molecule has 1 aliphatic carbocycles. The Labute approximate surface area is 125 Å². The summed E-state index contributed by atoms with van der Waals surface area (Å²) in [6.07, 6.45) is 7.83. The first-order valence-corrected chi connectivity index (χ1v) is 8.78. The Bertz CT molecular complexity index is 313. The lowest BCUT2D eigenvalue weighted by Crippen LogP contribution is -2.42. The van der Waals surface area contributed by atoms with Gasteiger partial charge < -0.3 is 15.7 Å². The average Bonchev–Trinajstić information content (AvgIpc) is 2.45. The monoisotopic (exact) mass is 302 g/mol. The van der Waals surface area contributed by atoms with Gasteiger partial charge in [-0.1, -0.05) is 12.8 Å². The molecule has 0 aromatic rings. The second-order valence-electron chi connectivity index (χ2n) is 5.33. The van der Waals surface area contributed by atoms with Gasteiger partial charge in [-0.3, -0.25) is 4.79 Å². The molecule has 0 saturated heterocycles. The lowest BCUT2D eigenvalue weighted by atomic mass is 9.79. The number of urea groups is 1. The lowest BCUT2D eigenvalue weighted by Gasteiger charge is -2.28. The molecule has 0 aliphatic heterocycles. The molecule has 1 fully saturated rings. The zero-order valence-corrected chi connectivity index (χ0v) is 13.0. The Morgan fingerprint density at radius 3 is 2.65 bits per heavy atom. The van der Waals surface area contributed by atoms with Gasteiger partial charge in [0, 0.05) is 13.1 Å².